The van der Waals surface area contributed by atoms with Crippen LogP contribution in [0.5, 0.6) is 0 Å². The summed E-state index contributed by atoms with van der Waals surface area (Å²) in [5.74, 6) is -0.381. The number of nitrogens with one attached hydrogen (secondary N) is 1. The molecule has 1 saturated carbocycles. The minimum Gasteiger partial charge on any atom is -0.335 e. The van der Waals surface area contributed by atoms with Gasteiger partial charge in [0.25, 0.3) is 0 Å². The van der Waals surface area contributed by atoms with Crippen LogP contribution in [0.3, 0.4) is 0 Å². The Hall–Kier alpha value is -1.29. The molecule has 1 aromatic carbocycles. The van der Waals surface area contributed by atoms with Crippen LogP contribution in [0.15, 0.2) is 18.2 Å². The summed E-state index contributed by atoms with van der Waals surface area (Å²) in [6.07, 6.45) is 4.38. The van der Waals surface area contributed by atoms with Gasteiger partial charge in [-0.3, -0.25) is 0 Å². The number of rotatable bonds is 3. The van der Waals surface area contributed by atoms with E-state index in [4.69, 9.17) is 11.6 Å². The number of hydrogen-bond acceptors (Lipinski definition) is 1. The Kier molecular flexibility index (Phi) is 4.64. The zero-order chi connectivity index (χ0) is 13.8. The number of nitrogens with zero attached hydrogens (tertiary/aromatic N) is 1. The van der Waals surface area contributed by atoms with E-state index < -0.39 is 0 Å². The van der Waals surface area contributed by atoms with E-state index >= 15 is 0 Å². The molecule has 0 heterocycles. The quantitative estimate of drug-likeness (QED) is 0.904. The molecule has 0 unspecified atom stereocenters. The first-order chi connectivity index (χ1) is 9.08. The Labute approximate surface area is 117 Å². The zero-order valence-electron chi connectivity index (χ0n) is 11.0. The molecule has 104 valence electrons. The van der Waals surface area contributed by atoms with Crippen LogP contribution in [-0.4, -0.2) is 24.0 Å². The highest BCUT2D eigenvalue weighted by atomic mass is 35.5. The lowest BCUT2D eigenvalue weighted by Gasteiger charge is -2.21. The third-order valence-corrected chi connectivity index (χ3v) is 3.84. The van der Waals surface area contributed by atoms with E-state index in [1.807, 2.05) is 0 Å². The number of benzene rings is 1. The summed E-state index contributed by atoms with van der Waals surface area (Å²) in [5, 5.41) is 3.31. The van der Waals surface area contributed by atoms with Crippen molar-refractivity contribution in [3.05, 3.63) is 34.6 Å². The van der Waals surface area contributed by atoms with Crippen LogP contribution in [-0.2, 0) is 6.54 Å². The molecule has 1 aromatic rings. The number of halogens is 2. The van der Waals surface area contributed by atoms with Crippen LogP contribution in [0, 0.1) is 5.82 Å². The second-order valence-corrected chi connectivity index (χ2v) is 5.39. The number of hydrogen-bond donors (Lipinski definition) is 1. The third kappa shape index (κ3) is 3.60. The van der Waals surface area contributed by atoms with Gasteiger partial charge in [-0.25, -0.2) is 9.18 Å². The first kappa shape index (κ1) is 14.1. The molecule has 0 bridgehead atoms. The number of carbonyl (C=O) groups excluding carboxylic acids is 1. The third-order valence-electron chi connectivity index (χ3n) is 3.49. The van der Waals surface area contributed by atoms with Gasteiger partial charge in [-0.1, -0.05) is 30.5 Å². The lowest BCUT2D eigenvalue weighted by molar-refractivity contribution is 0.202. The van der Waals surface area contributed by atoms with E-state index in [9.17, 15) is 9.18 Å². The van der Waals surface area contributed by atoms with E-state index in [1.165, 1.54) is 11.0 Å². The smallest absolute Gasteiger partial charge is 0.317 e. The number of urea groups is 1. The SMILES string of the molecule is CN(Cc1c(F)cccc1Cl)C(=O)NC1CCCC1. The van der Waals surface area contributed by atoms with Crippen LogP contribution in [0.1, 0.15) is 31.2 Å². The van der Waals surface area contributed by atoms with Crippen molar-refractivity contribution in [2.24, 2.45) is 0 Å². The zero-order valence-corrected chi connectivity index (χ0v) is 11.7. The van der Waals surface area contributed by atoms with Gasteiger partial charge in [0.15, 0.2) is 0 Å². The van der Waals surface area contributed by atoms with Gasteiger partial charge < -0.3 is 10.2 Å². The van der Waals surface area contributed by atoms with Crippen molar-refractivity contribution in [3.63, 3.8) is 0 Å². The fourth-order valence-electron chi connectivity index (χ4n) is 2.35. The van der Waals surface area contributed by atoms with Gasteiger partial charge in [-0.15, -0.1) is 0 Å². The predicted molar refractivity (Wildman–Crippen MR) is 73.7 cm³/mol. The second kappa shape index (κ2) is 6.24. The van der Waals surface area contributed by atoms with Crippen LogP contribution in [0.4, 0.5) is 9.18 Å². The predicted octanol–water partition coefficient (Wildman–Crippen LogP) is 3.56. The van der Waals surface area contributed by atoms with Gasteiger partial charge in [-0.2, -0.15) is 0 Å². The molecule has 19 heavy (non-hydrogen) atoms. The fraction of sp³-hybridized carbons (Fsp3) is 0.500. The molecule has 0 atom stereocenters. The van der Waals surface area contributed by atoms with Gasteiger partial charge in [0.05, 0.1) is 6.54 Å². The average molecular weight is 285 g/mol. The Morgan fingerprint density at radius 3 is 2.79 bits per heavy atom. The molecule has 5 heteroatoms. The highest BCUT2D eigenvalue weighted by Gasteiger charge is 2.20. The second-order valence-electron chi connectivity index (χ2n) is 4.99. The van der Waals surface area contributed by atoms with Gasteiger partial charge in [0.1, 0.15) is 5.82 Å². The lowest BCUT2D eigenvalue weighted by atomic mass is 10.2. The Bertz CT molecular complexity index is 441. The standard InChI is InChI=1S/C14H18ClFN2O/c1-18(14(19)17-10-5-2-3-6-10)9-11-12(15)7-4-8-13(11)16/h4,7-8,10H,2-3,5-6,9H2,1H3,(H,17,19). The highest BCUT2D eigenvalue weighted by molar-refractivity contribution is 6.31. The summed E-state index contributed by atoms with van der Waals surface area (Å²) in [4.78, 5) is 13.4. The maximum atomic E-state index is 13.6. The van der Waals surface area contributed by atoms with E-state index in [1.54, 1.807) is 19.2 Å². The topological polar surface area (TPSA) is 32.3 Å². The largest absolute Gasteiger partial charge is 0.335 e. The van der Waals surface area contributed by atoms with Crippen molar-refractivity contribution < 1.29 is 9.18 Å². The summed E-state index contributed by atoms with van der Waals surface area (Å²) in [5.41, 5.74) is 0.355. The number of carbonyl (C=O) groups is 1. The van der Waals surface area contributed by atoms with Crippen LogP contribution < -0.4 is 5.32 Å². The minimum atomic E-state index is -0.381. The van der Waals surface area contributed by atoms with Crippen molar-refractivity contribution >= 4 is 17.6 Å². The summed E-state index contributed by atoms with van der Waals surface area (Å²) in [6.45, 7) is 0.171. The van der Waals surface area contributed by atoms with Gasteiger partial charge in [0.2, 0.25) is 0 Å². The highest BCUT2D eigenvalue weighted by Crippen LogP contribution is 2.21. The maximum absolute atomic E-state index is 13.6. The number of amides is 2. The maximum Gasteiger partial charge on any atom is 0.317 e. The Morgan fingerprint density at radius 1 is 1.47 bits per heavy atom. The molecule has 0 spiro atoms. The fourth-order valence-corrected chi connectivity index (χ4v) is 2.57. The summed E-state index contributed by atoms with van der Waals surface area (Å²) < 4.78 is 13.6. The van der Waals surface area contributed by atoms with Crippen molar-refractivity contribution in [2.45, 2.75) is 38.3 Å². The molecule has 1 N–H and O–H groups in total. The molecule has 0 radical (unpaired) electrons. The normalized spacial score (nSPS) is 15.5. The summed E-state index contributed by atoms with van der Waals surface area (Å²) in [6, 6.07) is 4.61. The molecule has 3 nitrogen and oxygen atoms in total. The molecule has 0 saturated heterocycles. The summed E-state index contributed by atoms with van der Waals surface area (Å²) in [7, 11) is 1.65. The molecular weight excluding hydrogens is 267 g/mol. The molecule has 0 aromatic heterocycles. The first-order valence-corrected chi connectivity index (χ1v) is 6.90. The molecular formula is C14H18ClFN2O. The van der Waals surface area contributed by atoms with E-state index in [0.29, 0.717) is 10.6 Å². The van der Waals surface area contributed by atoms with E-state index in [-0.39, 0.29) is 24.4 Å². The molecule has 1 aliphatic carbocycles. The van der Waals surface area contributed by atoms with Crippen molar-refractivity contribution in [1.29, 1.82) is 0 Å². The molecule has 1 fully saturated rings. The Balaban J connectivity index is 1.96. The van der Waals surface area contributed by atoms with E-state index in [2.05, 4.69) is 5.32 Å². The monoisotopic (exact) mass is 284 g/mol. The molecule has 1 aliphatic rings. The van der Waals surface area contributed by atoms with Crippen molar-refractivity contribution in [1.82, 2.24) is 10.2 Å². The van der Waals surface area contributed by atoms with Crippen molar-refractivity contribution in [3.8, 4) is 0 Å². The van der Waals surface area contributed by atoms with Crippen molar-refractivity contribution in [2.75, 3.05) is 7.05 Å². The molecule has 2 rings (SSSR count). The van der Waals surface area contributed by atoms with Crippen LogP contribution in [0.2, 0.25) is 5.02 Å². The lowest BCUT2D eigenvalue weighted by Crippen LogP contribution is -2.41. The van der Waals surface area contributed by atoms with Gasteiger partial charge in [-0.05, 0) is 25.0 Å². The van der Waals surface area contributed by atoms with Gasteiger partial charge >= 0.3 is 6.03 Å². The molecule has 2 amide bonds. The Morgan fingerprint density at radius 2 is 2.16 bits per heavy atom. The average Bonchev–Trinajstić information content (AvgIpc) is 2.86. The minimum absolute atomic E-state index is 0.171. The summed E-state index contributed by atoms with van der Waals surface area (Å²) >= 11 is 5.95. The first-order valence-electron chi connectivity index (χ1n) is 6.52. The van der Waals surface area contributed by atoms with Crippen LogP contribution >= 0.6 is 11.6 Å². The van der Waals surface area contributed by atoms with E-state index in [0.717, 1.165) is 25.7 Å². The van der Waals surface area contributed by atoms with Gasteiger partial charge in [0, 0.05) is 23.7 Å². The molecule has 0 aliphatic heterocycles. The van der Waals surface area contributed by atoms with Crippen LogP contribution in [0.25, 0.3) is 0 Å².